The van der Waals surface area contributed by atoms with Crippen LogP contribution >= 0.6 is 0 Å². The van der Waals surface area contributed by atoms with E-state index in [2.05, 4.69) is 16.2 Å². The molecule has 3 amide bonds. The van der Waals surface area contributed by atoms with Crippen molar-refractivity contribution in [3.05, 3.63) is 60.2 Å². The SMILES string of the molecule is CC(C(=O)NNC(=O)NCC1CCCCC1)c1cccc(Oc2ccccc2)c1. The molecule has 29 heavy (non-hydrogen) atoms. The van der Waals surface area contributed by atoms with E-state index >= 15 is 0 Å². The van der Waals surface area contributed by atoms with Gasteiger partial charge in [-0.25, -0.2) is 10.2 Å². The number of hydrazine groups is 1. The van der Waals surface area contributed by atoms with Gasteiger partial charge >= 0.3 is 6.03 Å². The van der Waals surface area contributed by atoms with Crippen LogP contribution < -0.4 is 20.9 Å². The Kier molecular flexibility index (Phi) is 7.50. The standard InChI is InChI=1S/C23H29N3O3/c1-17(19-11-8-14-21(15-19)29-20-12-6-3-7-13-20)22(27)25-26-23(28)24-16-18-9-4-2-5-10-18/h3,6-8,11-15,17-18H,2,4-5,9-10,16H2,1H3,(H,25,27)(H2,24,26,28). The minimum Gasteiger partial charge on any atom is -0.457 e. The maximum absolute atomic E-state index is 12.4. The van der Waals surface area contributed by atoms with Crippen LogP contribution in [0.3, 0.4) is 0 Å². The van der Waals surface area contributed by atoms with Crippen molar-refractivity contribution < 1.29 is 14.3 Å². The predicted octanol–water partition coefficient (Wildman–Crippen LogP) is 4.49. The lowest BCUT2D eigenvalue weighted by Crippen LogP contribution is -2.49. The van der Waals surface area contributed by atoms with Crippen molar-refractivity contribution in [2.75, 3.05) is 6.54 Å². The fourth-order valence-corrected chi connectivity index (χ4v) is 3.52. The first-order chi connectivity index (χ1) is 14.1. The largest absolute Gasteiger partial charge is 0.457 e. The Morgan fingerprint density at radius 2 is 1.69 bits per heavy atom. The Labute approximate surface area is 172 Å². The first-order valence-corrected chi connectivity index (χ1v) is 10.3. The summed E-state index contributed by atoms with van der Waals surface area (Å²) in [6.45, 7) is 2.44. The molecule has 3 N–H and O–H groups in total. The number of para-hydroxylation sites is 1. The number of carbonyl (C=O) groups excluding carboxylic acids is 2. The summed E-state index contributed by atoms with van der Waals surface area (Å²) in [7, 11) is 0. The van der Waals surface area contributed by atoms with Gasteiger partial charge in [-0.15, -0.1) is 0 Å². The normalized spacial score (nSPS) is 15.2. The highest BCUT2D eigenvalue weighted by molar-refractivity contribution is 5.85. The quantitative estimate of drug-likeness (QED) is 0.631. The van der Waals surface area contributed by atoms with Crippen LogP contribution in [-0.4, -0.2) is 18.5 Å². The Morgan fingerprint density at radius 3 is 2.45 bits per heavy atom. The molecule has 1 unspecified atom stereocenters. The summed E-state index contributed by atoms with van der Waals surface area (Å²) in [6.07, 6.45) is 6.06. The number of benzene rings is 2. The van der Waals surface area contributed by atoms with Gasteiger partial charge in [-0.05, 0) is 55.5 Å². The van der Waals surface area contributed by atoms with E-state index in [0.29, 0.717) is 18.2 Å². The second-order valence-electron chi connectivity index (χ2n) is 7.54. The smallest absolute Gasteiger partial charge is 0.333 e. The minimum atomic E-state index is -0.437. The van der Waals surface area contributed by atoms with Crippen LogP contribution in [0, 0.1) is 5.92 Å². The molecular weight excluding hydrogens is 366 g/mol. The van der Waals surface area contributed by atoms with Gasteiger partial charge < -0.3 is 10.1 Å². The van der Waals surface area contributed by atoms with E-state index in [1.807, 2.05) is 54.6 Å². The first-order valence-electron chi connectivity index (χ1n) is 10.3. The van der Waals surface area contributed by atoms with Crippen LogP contribution in [0.15, 0.2) is 54.6 Å². The average Bonchev–Trinajstić information content (AvgIpc) is 2.77. The molecule has 0 bridgehead atoms. The summed E-state index contributed by atoms with van der Waals surface area (Å²) in [6, 6.07) is 16.5. The van der Waals surface area contributed by atoms with E-state index in [4.69, 9.17) is 4.74 Å². The lowest BCUT2D eigenvalue weighted by atomic mass is 9.89. The molecule has 0 aliphatic heterocycles. The van der Waals surface area contributed by atoms with Crippen LogP contribution in [0.25, 0.3) is 0 Å². The summed E-state index contributed by atoms with van der Waals surface area (Å²) >= 11 is 0. The number of nitrogens with one attached hydrogen (secondary N) is 3. The molecule has 0 heterocycles. The predicted molar refractivity (Wildman–Crippen MR) is 113 cm³/mol. The highest BCUT2D eigenvalue weighted by Gasteiger charge is 2.18. The van der Waals surface area contributed by atoms with Crippen molar-refractivity contribution in [2.45, 2.75) is 44.9 Å². The zero-order valence-corrected chi connectivity index (χ0v) is 16.8. The van der Waals surface area contributed by atoms with E-state index in [0.717, 1.165) is 24.2 Å². The van der Waals surface area contributed by atoms with Crippen LogP contribution in [0.1, 0.15) is 50.5 Å². The molecule has 3 rings (SSSR count). The van der Waals surface area contributed by atoms with E-state index in [1.54, 1.807) is 6.92 Å². The topological polar surface area (TPSA) is 79.5 Å². The summed E-state index contributed by atoms with van der Waals surface area (Å²) < 4.78 is 5.83. The van der Waals surface area contributed by atoms with Crippen molar-refractivity contribution in [3.8, 4) is 11.5 Å². The molecular formula is C23H29N3O3. The van der Waals surface area contributed by atoms with Gasteiger partial charge in [0.1, 0.15) is 11.5 Å². The molecule has 1 aliphatic rings. The fourth-order valence-electron chi connectivity index (χ4n) is 3.52. The van der Waals surface area contributed by atoms with Crippen molar-refractivity contribution in [1.29, 1.82) is 0 Å². The first kappa shape index (κ1) is 20.7. The average molecular weight is 396 g/mol. The van der Waals surface area contributed by atoms with Crippen LogP contribution in [-0.2, 0) is 4.79 Å². The number of hydrogen-bond donors (Lipinski definition) is 3. The number of carbonyl (C=O) groups is 2. The van der Waals surface area contributed by atoms with Crippen molar-refractivity contribution in [2.24, 2.45) is 5.92 Å². The summed E-state index contributed by atoms with van der Waals surface area (Å²) in [5.41, 5.74) is 5.75. The number of rotatable bonds is 6. The second kappa shape index (κ2) is 10.5. The number of ether oxygens (including phenoxy) is 1. The van der Waals surface area contributed by atoms with E-state index in [1.165, 1.54) is 19.3 Å². The van der Waals surface area contributed by atoms with Gasteiger partial charge in [-0.3, -0.25) is 10.2 Å². The van der Waals surface area contributed by atoms with Crippen LogP contribution in [0.5, 0.6) is 11.5 Å². The Morgan fingerprint density at radius 1 is 0.966 bits per heavy atom. The molecule has 6 nitrogen and oxygen atoms in total. The fraction of sp³-hybridized carbons (Fsp3) is 0.391. The number of hydrogen-bond acceptors (Lipinski definition) is 3. The molecule has 1 aliphatic carbocycles. The summed E-state index contributed by atoms with van der Waals surface area (Å²) in [5, 5.41) is 2.84. The van der Waals surface area contributed by atoms with Gasteiger partial charge in [0.15, 0.2) is 0 Å². The second-order valence-corrected chi connectivity index (χ2v) is 7.54. The third kappa shape index (κ3) is 6.52. The van der Waals surface area contributed by atoms with Gasteiger partial charge in [0, 0.05) is 6.54 Å². The highest BCUT2D eigenvalue weighted by atomic mass is 16.5. The van der Waals surface area contributed by atoms with Gasteiger partial charge in [-0.1, -0.05) is 49.6 Å². The van der Waals surface area contributed by atoms with Gasteiger partial charge in [0.2, 0.25) is 5.91 Å². The molecule has 154 valence electrons. The monoisotopic (exact) mass is 395 g/mol. The number of amides is 3. The van der Waals surface area contributed by atoms with E-state index in [-0.39, 0.29) is 11.9 Å². The third-order valence-electron chi connectivity index (χ3n) is 5.31. The molecule has 1 fully saturated rings. The third-order valence-corrected chi connectivity index (χ3v) is 5.31. The molecule has 0 radical (unpaired) electrons. The summed E-state index contributed by atoms with van der Waals surface area (Å²) in [4.78, 5) is 24.4. The molecule has 2 aromatic rings. The molecule has 1 atom stereocenters. The zero-order chi connectivity index (χ0) is 20.5. The molecule has 0 spiro atoms. The van der Waals surface area contributed by atoms with E-state index < -0.39 is 5.92 Å². The van der Waals surface area contributed by atoms with Crippen LogP contribution in [0.2, 0.25) is 0 Å². The van der Waals surface area contributed by atoms with E-state index in [9.17, 15) is 9.59 Å². The van der Waals surface area contributed by atoms with Gasteiger partial charge in [0.25, 0.3) is 0 Å². The van der Waals surface area contributed by atoms with Crippen molar-refractivity contribution in [3.63, 3.8) is 0 Å². The molecule has 0 aromatic heterocycles. The Bertz CT molecular complexity index is 804. The lowest BCUT2D eigenvalue weighted by Gasteiger charge is -2.22. The molecule has 2 aromatic carbocycles. The lowest BCUT2D eigenvalue weighted by molar-refractivity contribution is -0.122. The number of urea groups is 1. The van der Waals surface area contributed by atoms with Gasteiger partial charge in [-0.2, -0.15) is 0 Å². The maximum atomic E-state index is 12.4. The molecule has 0 saturated heterocycles. The minimum absolute atomic E-state index is 0.283. The van der Waals surface area contributed by atoms with Crippen molar-refractivity contribution in [1.82, 2.24) is 16.2 Å². The maximum Gasteiger partial charge on any atom is 0.333 e. The van der Waals surface area contributed by atoms with Crippen molar-refractivity contribution >= 4 is 11.9 Å². The Hall–Kier alpha value is -3.02. The molecule has 1 saturated carbocycles. The highest BCUT2D eigenvalue weighted by Crippen LogP contribution is 2.25. The molecule has 6 heteroatoms. The van der Waals surface area contributed by atoms with Crippen LogP contribution in [0.4, 0.5) is 4.79 Å². The summed E-state index contributed by atoms with van der Waals surface area (Å²) in [5.74, 6) is 1.21. The van der Waals surface area contributed by atoms with Gasteiger partial charge in [0.05, 0.1) is 5.92 Å². The zero-order valence-electron chi connectivity index (χ0n) is 16.8. The Balaban J connectivity index is 1.46.